The Balaban J connectivity index is 1.76. The Bertz CT molecular complexity index is 1480. The van der Waals surface area contributed by atoms with Crippen LogP contribution in [0.2, 0.25) is 10.0 Å². The van der Waals surface area contributed by atoms with Crippen molar-refractivity contribution in [1.29, 1.82) is 0 Å². The lowest BCUT2D eigenvalue weighted by molar-refractivity contribution is -0.140. The van der Waals surface area contributed by atoms with Gasteiger partial charge in [-0.2, -0.15) is 12.7 Å². The lowest BCUT2D eigenvalue weighted by Gasteiger charge is -2.35. The molecule has 3 aromatic carbocycles. The Morgan fingerprint density at radius 2 is 1.53 bits per heavy atom. The first-order valence-corrected chi connectivity index (χ1v) is 16.5. The number of amides is 2. The molecule has 1 aliphatic rings. The second kappa shape index (κ2) is 15.1. The van der Waals surface area contributed by atoms with Crippen LogP contribution in [0.4, 0.5) is 5.69 Å². The molecule has 8 nitrogen and oxygen atoms in total. The minimum Gasteiger partial charge on any atom is -0.352 e. The van der Waals surface area contributed by atoms with Gasteiger partial charge >= 0.3 is 10.2 Å². The number of para-hydroxylation sites is 1. The molecule has 2 amide bonds. The summed E-state index contributed by atoms with van der Waals surface area (Å²) in [4.78, 5) is 29.9. The third-order valence-corrected chi connectivity index (χ3v) is 10.0. The van der Waals surface area contributed by atoms with E-state index in [0.717, 1.165) is 46.3 Å². The van der Waals surface area contributed by atoms with Gasteiger partial charge in [0.2, 0.25) is 11.8 Å². The van der Waals surface area contributed by atoms with E-state index in [4.69, 9.17) is 23.2 Å². The van der Waals surface area contributed by atoms with Gasteiger partial charge in [-0.05, 0) is 48.2 Å². The van der Waals surface area contributed by atoms with E-state index in [2.05, 4.69) is 5.32 Å². The highest BCUT2D eigenvalue weighted by Gasteiger charge is 2.35. The quantitative estimate of drug-likeness (QED) is 0.274. The monoisotopic (exact) mass is 644 g/mol. The van der Waals surface area contributed by atoms with E-state index in [1.807, 2.05) is 30.3 Å². The number of hydrogen-bond donors (Lipinski definition) is 1. The minimum absolute atomic E-state index is 0.0188. The van der Waals surface area contributed by atoms with Crippen molar-refractivity contribution in [3.63, 3.8) is 0 Å². The largest absolute Gasteiger partial charge is 0.352 e. The Kier molecular flexibility index (Phi) is 11.5. The molecule has 0 aliphatic heterocycles. The van der Waals surface area contributed by atoms with Crippen LogP contribution in [0.25, 0.3) is 0 Å². The molecule has 1 aliphatic carbocycles. The minimum atomic E-state index is -4.06. The molecule has 11 heteroatoms. The zero-order chi connectivity index (χ0) is 31.0. The second-order valence-electron chi connectivity index (χ2n) is 10.9. The molecule has 0 heterocycles. The molecule has 0 unspecified atom stereocenters. The van der Waals surface area contributed by atoms with E-state index >= 15 is 0 Å². The predicted octanol–water partition coefficient (Wildman–Crippen LogP) is 5.70. The number of carbonyl (C=O) groups is 2. The number of benzene rings is 3. The summed E-state index contributed by atoms with van der Waals surface area (Å²) < 4.78 is 29.0. The fourth-order valence-electron chi connectivity index (χ4n) is 5.24. The zero-order valence-electron chi connectivity index (χ0n) is 24.5. The summed E-state index contributed by atoms with van der Waals surface area (Å²) in [5.74, 6) is -0.823. The molecule has 0 radical (unpaired) electrons. The zero-order valence-corrected chi connectivity index (χ0v) is 26.8. The van der Waals surface area contributed by atoms with Crippen molar-refractivity contribution >= 4 is 50.9 Å². The van der Waals surface area contributed by atoms with Gasteiger partial charge in [0.05, 0.1) is 5.69 Å². The van der Waals surface area contributed by atoms with Gasteiger partial charge in [0.15, 0.2) is 0 Å². The van der Waals surface area contributed by atoms with E-state index < -0.39 is 28.7 Å². The van der Waals surface area contributed by atoms with Crippen LogP contribution in [0.5, 0.6) is 0 Å². The maximum Gasteiger partial charge on any atom is 0.304 e. The molecular formula is C32H38Cl2N4O4S. The highest BCUT2D eigenvalue weighted by Crippen LogP contribution is 2.26. The van der Waals surface area contributed by atoms with Gasteiger partial charge in [0, 0.05) is 43.1 Å². The SMILES string of the molecule is CN(C)S(=O)(=O)N(CC(=O)N(Cc1ccc(Cl)cc1Cl)[C@@H](Cc1ccccc1)C(=O)NC1CCCCC1)c1ccccc1. The Morgan fingerprint density at radius 3 is 2.14 bits per heavy atom. The van der Waals surface area contributed by atoms with E-state index in [0.29, 0.717) is 21.3 Å². The maximum atomic E-state index is 14.4. The van der Waals surface area contributed by atoms with Crippen LogP contribution in [0.1, 0.15) is 43.2 Å². The van der Waals surface area contributed by atoms with E-state index in [9.17, 15) is 18.0 Å². The Labute approximate surface area is 264 Å². The molecule has 43 heavy (non-hydrogen) atoms. The van der Waals surface area contributed by atoms with Gasteiger partial charge in [-0.25, -0.2) is 4.31 Å². The number of carbonyl (C=O) groups excluding carboxylic acids is 2. The molecule has 0 saturated heterocycles. The van der Waals surface area contributed by atoms with Gasteiger partial charge in [-0.3, -0.25) is 9.59 Å². The third-order valence-electron chi connectivity index (χ3n) is 7.64. The molecule has 4 rings (SSSR count). The van der Waals surface area contributed by atoms with Crippen molar-refractivity contribution in [2.24, 2.45) is 0 Å². The molecule has 1 N–H and O–H groups in total. The van der Waals surface area contributed by atoms with Crippen LogP contribution in [0.15, 0.2) is 78.9 Å². The number of anilines is 1. The smallest absolute Gasteiger partial charge is 0.304 e. The topological polar surface area (TPSA) is 90.0 Å². The number of hydrogen-bond acceptors (Lipinski definition) is 4. The lowest BCUT2D eigenvalue weighted by atomic mass is 9.94. The number of halogens is 2. The number of rotatable bonds is 12. The summed E-state index contributed by atoms with van der Waals surface area (Å²) in [5.41, 5.74) is 1.79. The van der Waals surface area contributed by atoms with Crippen LogP contribution < -0.4 is 9.62 Å². The van der Waals surface area contributed by atoms with Crippen molar-refractivity contribution in [1.82, 2.24) is 14.5 Å². The first kappa shape index (κ1) is 32.8. The number of nitrogens with one attached hydrogen (secondary N) is 1. The Hall–Kier alpha value is -3.11. The summed E-state index contributed by atoms with van der Waals surface area (Å²) in [6.07, 6.45) is 5.20. The van der Waals surface area contributed by atoms with Crippen molar-refractivity contribution < 1.29 is 18.0 Å². The Morgan fingerprint density at radius 1 is 0.907 bits per heavy atom. The van der Waals surface area contributed by atoms with Crippen LogP contribution in [0, 0.1) is 0 Å². The highest BCUT2D eigenvalue weighted by molar-refractivity contribution is 7.90. The molecule has 0 spiro atoms. The molecule has 1 fully saturated rings. The molecule has 230 valence electrons. The van der Waals surface area contributed by atoms with Gasteiger partial charge in [-0.15, -0.1) is 0 Å². The van der Waals surface area contributed by atoms with Crippen molar-refractivity contribution in [2.45, 2.75) is 57.2 Å². The van der Waals surface area contributed by atoms with Gasteiger partial charge in [0.25, 0.3) is 0 Å². The summed E-state index contributed by atoms with van der Waals surface area (Å²) >= 11 is 12.7. The highest BCUT2D eigenvalue weighted by atomic mass is 35.5. The van der Waals surface area contributed by atoms with Crippen LogP contribution in [-0.4, -0.2) is 62.2 Å². The van der Waals surface area contributed by atoms with Crippen LogP contribution in [0.3, 0.4) is 0 Å². The van der Waals surface area contributed by atoms with E-state index in [1.54, 1.807) is 48.5 Å². The first-order valence-electron chi connectivity index (χ1n) is 14.4. The standard InChI is InChI=1S/C32H38Cl2N4O4S/c1-36(2)43(41,42)38(28-16-10-5-11-17-28)23-31(39)37(22-25-18-19-26(33)21-29(25)34)30(20-24-12-6-3-7-13-24)32(40)35-27-14-8-4-9-15-27/h3,5-7,10-13,16-19,21,27,30H,4,8-9,14-15,20,22-23H2,1-2H3,(H,35,40)/t30-/m0/s1. The molecule has 0 aromatic heterocycles. The predicted molar refractivity (Wildman–Crippen MR) is 172 cm³/mol. The van der Waals surface area contributed by atoms with Crippen LogP contribution >= 0.6 is 23.2 Å². The summed E-state index contributed by atoms with van der Waals surface area (Å²) in [6.45, 7) is -0.535. The normalized spacial score (nSPS) is 14.7. The fraction of sp³-hybridized carbons (Fsp3) is 0.375. The molecular weight excluding hydrogens is 607 g/mol. The molecule has 0 bridgehead atoms. The van der Waals surface area contributed by atoms with Gasteiger partial charge in [0.1, 0.15) is 12.6 Å². The van der Waals surface area contributed by atoms with E-state index in [1.165, 1.54) is 19.0 Å². The molecule has 1 saturated carbocycles. The summed E-state index contributed by atoms with van der Waals surface area (Å²) in [5, 5.41) is 3.97. The molecule has 3 aromatic rings. The second-order valence-corrected chi connectivity index (χ2v) is 13.8. The number of nitrogens with zero attached hydrogens (tertiary/aromatic N) is 3. The van der Waals surface area contributed by atoms with Gasteiger partial charge < -0.3 is 10.2 Å². The average Bonchev–Trinajstić information content (AvgIpc) is 2.99. The average molecular weight is 646 g/mol. The maximum absolute atomic E-state index is 14.4. The summed E-state index contributed by atoms with van der Waals surface area (Å²) in [6, 6.07) is 22.0. The van der Waals surface area contributed by atoms with Crippen LogP contribution in [-0.2, 0) is 32.8 Å². The summed E-state index contributed by atoms with van der Waals surface area (Å²) in [7, 11) is -1.23. The van der Waals surface area contributed by atoms with Crippen molar-refractivity contribution in [3.8, 4) is 0 Å². The van der Waals surface area contributed by atoms with Crippen molar-refractivity contribution in [2.75, 3.05) is 24.9 Å². The lowest BCUT2D eigenvalue weighted by Crippen LogP contribution is -2.55. The third kappa shape index (κ3) is 8.72. The molecule has 1 atom stereocenters. The van der Waals surface area contributed by atoms with Gasteiger partial charge in [-0.1, -0.05) is 97.1 Å². The van der Waals surface area contributed by atoms with Crippen molar-refractivity contribution in [3.05, 3.63) is 100 Å². The fourth-order valence-corrected chi connectivity index (χ4v) is 6.77. The first-order chi connectivity index (χ1) is 20.6. The van der Waals surface area contributed by atoms with E-state index in [-0.39, 0.29) is 24.9 Å².